The summed E-state index contributed by atoms with van der Waals surface area (Å²) in [6.45, 7) is 1.05. The maximum atomic E-state index is 12.4. The number of halogens is 4. The van der Waals surface area contributed by atoms with Gasteiger partial charge in [0, 0.05) is 31.2 Å². The fourth-order valence-corrected chi connectivity index (χ4v) is 2.82. The van der Waals surface area contributed by atoms with Crippen LogP contribution in [0.25, 0.3) is 0 Å². The third-order valence-corrected chi connectivity index (χ3v) is 3.82. The van der Waals surface area contributed by atoms with Gasteiger partial charge in [-0.2, -0.15) is 0 Å². The molecule has 1 aromatic rings. The number of benzene rings is 1. The molecule has 0 bridgehead atoms. The molecular weight excluding hydrogens is 325 g/mol. The van der Waals surface area contributed by atoms with Crippen LogP contribution in [0.3, 0.4) is 0 Å². The molecule has 8 heteroatoms. The smallest absolute Gasteiger partial charge is 0.259 e. The summed E-state index contributed by atoms with van der Waals surface area (Å²) in [5.41, 5.74) is -0.0108. The second-order valence-corrected chi connectivity index (χ2v) is 5.61. The Kier molecular flexibility index (Phi) is 5.24. The summed E-state index contributed by atoms with van der Waals surface area (Å²) in [6.07, 6.45) is -2.39. The van der Waals surface area contributed by atoms with Gasteiger partial charge in [-0.05, 0) is 12.1 Å². The second-order valence-electron chi connectivity index (χ2n) is 4.77. The maximum Gasteiger partial charge on any atom is 0.259 e. The molecule has 1 amide bonds. The molecule has 1 fully saturated rings. The molecule has 1 N–H and O–H groups in total. The van der Waals surface area contributed by atoms with Crippen LogP contribution in [0.1, 0.15) is 10.4 Å². The van der Waals surface area contributed by atoms with Gasteiger partial charge in [0.25, 0.3) is 12.3 Å². The monoisotopic (exact) mass is 338 g/mol. The van der Waals surface area contributed by atoms with Crippen LogP contribution in [-0.4, -0.2) is 60.0 Å². The number of phenols is 1. The average Bonchev–Trinajstić information content (AvgIpc) is 2.37. The van der Waals surface area contributed by atoms with E-state index in [0.717, 1.165) is 0 Å². The van der Waals surface area contributed by atoms with Gasteiger partial charge >= 0.3 is 0 Å². The van der Waals surface area contributed by atoms with Crippen molar-refractivity contribution in [2.45, 2.75) is 6.43 Å². The summed E-state index contributed by atoms with van der Waals surface area (Å²) in [4.78, 5) is 15.4. The number of phenolic OH excluding ortho intramolecular Hbond substituents is 1. The zero-order chi connectivity index (χ0) is 15.6. The molecule has 2 rings (SSSR count). The number of piperazine rings is 1. The molecule has 0 atom stereocenters. The van der Waals surface area contributed by atoms with Crippen molar-refractivity contribution in [3.8, 4) is 5.75 Å². The molecule has 21 heavy (non-hydrogen) atoms. The fourth-order valence-electron chi connectivity index (χ4n) is 2.26. The van der Waals surface area contributed by atoms with E-state index in [1.807, 2.05) is 0 Å². The topological polar surface area (TPSA) is 43.8 Å². The van der Waals surface area contributed by atoms with Crippen molar-refractivity contribution >= 4 is 29.1 Å². The van der Waals surface area contributed by atoms with Crippen LogP contribution in [0.2, 0.25) is 10.0 Å². The molecule has 4 nitrogen and oxygen atoms in total. The Morgan fingerprint density at radius 1 is 1.24 bits per heavy atom. The van der Waals surface area contributed by atoms with Gasteiger partial charge in [0.15, 0.2) is 0 Å². The zero-order valence-corrected chi connectivity index (χ0v) is 12.5. The van der Waals surface area contributed by atoms with Crippen LogP contribution in [0.15, 0.2) is 12.1 Å². The number of nitrogens with zero attached hydrogens (tertiary/aromatic N) is 2. The van der Waals surface area contributed by atoms with Crippen molar-refractivity contribution in [2.75, 3.05) is 32.7 Å². The summed E-state index contributed by atoms with van der Waals surface area (Å²) in [5, 5.41) is 10.1. The van der Waals surface area contributed by atoms with Gasteiger partial charge in [0.05, 0.1) is 17.1 Å². The van der Waals surface area contributed by atoms with Crippen LogP contribution in [0.5, 0.6) is 5.75 Å². The Balaban J connectivity index is 2.06. The summed E-state index contributed by atoms with van der Waals surface area (Å²) in [7, 11) is 0. The van der Waals surface area contributed by atoms with Gasteiger partial charge in [0.1, 0.15) is 5.75 Å². The highest BCUT2D eigenvalue weighted by Crippen LogP contribution is 2.31. The Morgan fingerprint density at radius 3 is 2.38 bits per heavy atom. The third kappa shape index (κ3) is 3.96. The van der Waals surface area contributed by atoms with E-state index in [0.29, 0.717) is 26.2 Å². The molecule has 0 spiro atoms. The van der Waals surface area contributed by atoms with E-state index >= 15 is 0 Å². The SMILES string of the molecule is O=C(c1c(O)cc(Cl)cc1Cl)N1CCN(CC(F)F)CC1. The highest BCUT2D eigenvalue weighted by atomic mass is 35.5. The Hall–Kier alpha value is -1.11. The van der Waals surface area contributed by atoms with Gasteiger partial charge < -0.3 is 10.0 Å². The highest BCUT2D eigenvalue weighted by Gasteiger charge is 2.27. The molecule has 0 aromatic heterocycles. The summed E-state index contributed by atoms with van der Waals surface area (Å²) in [6, 6.07) is 2.62. The number of carbonyl (C=O) groups is 1. The number of carbonyl (C=O) groups excluding carboxylic acids is 1. The number of amides is 1. The van der Waals surface area contributed by atoms with Crippen molar-refractivity contribution in [3.63, 3.8) is 0 Å². The van der Waals surface area contributed by atoms with Crippen LogP contribution >= 0.6 is 23.2 Å². The van der Waals surface area contributed by atoms with Crippen molar-refractivity contribution < 1.29 is 18.7 Å². The van der Waals surface area contributed by atoms with Gasteiger partial charge in [-0.1, -0.05) is 23.2 Å². The van der Waals surface area contributed by atoms with Crippen molar-refractivity contribution in [3.05, 3.63) is 27.7 Å². The lowest BCUT2D eigenvalue weighted by Gasteiger charge is -2.34. The number of rotatable bonds is 3. The predicted octanol–water partition coefficient (Wildman–Crippen LogP) is 2.72. The quantitative estimate of drug-likeness (QED) is 0.921. The number of hydrogen-bond donors (Lipinski definition) is 1. The zero-order valence-electron chi connectivity index (χ0n) is 11.0. The predicted molar refractivity (Wildman–Crippen MR) is 76.5 cm³/mol. The van der Waals surface area contributed by atoms with Crippen LogP contribution < -0.4 is 0 Å². The molecule has 116 valence electrons. The lowest BCUT2D eigenvalue weighted by molar-refractivity contribution is 0.0457. The summed E-state index contributed by atoms with van der Waals surface area (Å²) >= 11 is 11.7. The minimum atomic E-state index is -2.39. The van der Waals surface area contributed by atoms with Gasteiger partial charge in [-0.3, -0.25) is 9.69 Å². The van der Waals surface area contributed by atoms with Gasteiger partial charge in [-0.25, -0.2) is 8.78 Å². The van der Waals surface area contributed by atoms with E-state index in [9.17, 15) is 18.7 Å². The molecule has 0 saturated carbocycles. The minimum absolute atomic E-state index is 0.0108. The lowest BCUT2D eigenvalue weighted by Crippen LogP contribution is -2.49. The fraction of sp³-hybridized carbons (Fsp3) is 0.462. The van der Waals surface area contributed by atoms with E-state index in [2.05, 4.69) is 0 Å². The first-order chi connectivity index (χ1) is 9.88. The number of alkyl halides is 2. The van der Waals surface area contributed by atoms with E-state index in [1.54, 1.807) is 4.90 Å². The third-order valence-electron chi connectivity index (χ3n) is 3.30. The van der Waals surface area contributed by atoms with Crippen LogP contribution in [0.4, 0.5) is 8.78 Å². The van der Waals surface area contributed by atoms with E-state index < -0.39 is 12.3 Å². The first kappa shape index (κ1) is 16.3. The van der Waals surface area contributed by atoms with Crippen molar-refractivity contribution in [2.24, 2.45) is 0 Å². The maximum absolute atomic E-state index is 12.4. The van der Waals surface area contributed by atoms with E-state index in [4.69, 9.17) is 23.2 Å². The molecule has 1 aliphatic rings. The lowest BCUT2D eigenvalue weighted by atomic mass is 10.1. The molecule has 1 aliphatic heterocycles. The Labute approximate surface area is 130 Å². The first-order valence-electron chi connectivity index (χ1n) is 6.36. The van der Waals surface area contributed by atoms with Gasteiger partial charge in [0.2, 0.25) is 0 Å². The molecule has 0 unspecified atom stereocenters. The average molecular weight is 339 g/mol. The van der Waals surface area contributed by atoms with Crippen LogP contribution in [-0.2, 0) is 0 Å². The number of aromatic hydroxyl groups is 1. The first-order valence-corrected chi connectivity index (χ1v) is 7.12. The molecule has 0 aliphatic carbocycles. The van der Waals surface area contributed by atoms with Crippen LogP contribution in [0, 0.1) is 0 Å². The minimum Gasteiger partial charge on any atom is -0.507 e. The largest absolute Gasteiger partial charge is 0.507 e. The normalized spacial score (nSPS) is 16.5. The Morgan fingerprint density at radius 2 is 1.86 bits per heavy atom. The van der Waals surface area contributed by atoms with E-state index in [1.165, 1.54) is 17.0 Å². The second kappa shape index (κ2) is 6.77. The molecular formula is C13H14Cl2F2N2O2. The summed E-state index contributed by atoms with van der Waals surface area (Å²) < 4.78 is 24.6. The molecule has 1 heterocycles. The van der Waals surface area contributed by atoms with Crippen molar-refractivity contribution in [1.29, 1.82) is 0 Å². The summed E-state index contributed by atoms with van der Waals surface area (Å²) in [5.74, 6) is -0.710. The molecule has 1 saturated heterocycles. The Bertz CT molecular complexity index is 512. The number of hydrogen-bond acceptors (Lipinski definition) is 3. The molecule has 0 radical (unpaired) electrons. The standard InChI is InChI=1S/C13H14Cl2F2N2O2/c14-8-5-9(15)12(10(20)6-8)13(21)19-3-1-18(2-4-19)7-11(16)17/h5-6,11,20H,1-4,7H2. The van der Waals surface area contributed by atoms with Gasteiger partial charge in [-0.15, -0.1) is 0 Å². The van der Waals surface area contributed by atoms with E-state index in [-0.39, 0.29) is 27.9 Å². The highest BCUT2D eigenvalue weighted by molar-refractivity contribution is 6.37. The van der Waals surface area contributed by atoms with Crippen molar-refractivity contribution in [1.82, 2.24) is 9.80 Å². The molecule has 1 aromatic carbocycles.